The molecule has 2 aromatic rings. The van der Waals surface area contributed by atoms with E-state index in [-0.39, 0.29) is 5.56 Å². The van der Waals surface area contributed by atoms with Crippen LogP contribution in [0.1, 0.15) is 28.4 Å². The second kappa shape index (κ2) is 5.58. The summed E-state index contributed by atoms with van der Waals surface area (Å²) in [4.78, 5) is 0. The van der Waals surface area contributed by atoms with E-state index in [2.05, 4.69) is 15.9 Å². The predicted octanol–water partition coefficient (Wildman–Crippen LogP) is 4.86. The third-order valence-electron chi connectivity index (χ3n) is 3.06. The minimum atomic E-state index is -4.48. The van der Waals surface area contributed by atoms with E-state index in [0.717, 1.165) is 16.1 Å². The SMILES string of the molecule is Cc1cc(C(O)c2ccccc2C(F)(F)F)ccc1Br. The molecule has 2 rings (SSSR count). The Hall–Kier alpha value is -1.33. The highest BCUT2D eigenvalue weighted by molar-refractivity contribution is 9.10. The number of aliphatic hydroxyl groups is 1. The molecular weight excluding hydrogens is 333 g/mol. The van der Waals surface area contributed by atoms with Crippen LogP contribution in [0.15, 0.2) is 46.9 Å². The lowest BCUT2D eigenvalue weighted by Crippen LogP contribution is -2.12. The van der Waals surface area contributed by atoms with Gasteiger partial charge < -0.3 is 5.11 Å². The van der Waals surface area contributed by atoms with Crippen LogP contribution >= 0.6 is 15.9 Å². The molecule has 1 unspecified atom stereocenters. The molecule has 106 valence electrons. The lowest BCUT2D eigenvalue weighted by Gasteiger charge is -2.18. The topological polar surface area (TPSA) is 20.2 Å². The normalized spacial score (nSPS) is 13.3. The number of rotatable bonds is 2. The fourth-order valence-corrected chi connectivity index (χ4v) is 2.26. The first-order valence-electron chi connectivity index (χ1n) is 5.91. The number of halogens is 4. The Morgan fingerprint density at radius 2 is 1.75 bits per heavy atom. The summed E-state index contributed by atoms with van der Waals surface area (Å²) in [7, 11) is 0. The van der Waals surface area contributed by atoms with Crippen LogP contribution in [-0.2, 0) is 6.18 Å². The molecular formula is C15H12BrF3O. The maximum atomic E-state index is 12.9. The summed E-state index contributed by atoms with van der Waals surface area (Å²) in [6, 6.07) is 10.1. The Balaban J connectivity index is 2.48. The predicted molar refractivity (Wildman–Crippen MR) is 74.4 cm³/mol. The molecule has 0 aliphatic heterocycles. The van der Waals surface area contributed by atoms with E-state index in [0.29, 0.717) is 5.56 Å². The lowest BCUT2D eigenvalue weighted by molar-refractivity contribution is -0.139. The summed E-state index contributed by atoms with van der Waals surface area (Å²) in [5.41, 5.74) is 0.336. The zero-order chi connectivity index (χ0) is 14.9. The Bertz CT molecular complexity index is 623. The molecule has 0 radical (unpaired) electrons. The minimum absolute atomic E-state index is 0.137. The van der Waals surface area contributed by atoms with Crippen LogP contribution in [0, 0.1) is 6.92 Å². The number of benzene rings is 2. The highest BCUT2D eigenvalue weighted by Crippen LogP contribution is 2.36. The molecule has 1 N–H and O–H groups in total. The highest BCUT2D eigenvalue weighted by atomic mass is 79.9. The first kappa shape index (κ1) is 15.1. The molecule has 20 heavy (non-hydrogen) atoms. The Morgan fingerprint density at radius 3 is 2.35 bits per heavy atom. The van der Waals surface area contributed by atoms with E-state index in [1.165, 1.54) is 18.2 Å². The summed E-state index contributed by atoms with van der Waals surface area (Å²) in [5.74, 6) is 0. The smallest absolute Gasteiger partial charge is 0.384 e. The van der Waals surface area contributed by atoms with Crippen LogP contribution < -0.4 is 0 Å². The van der Waals surface area contributed by atoms with Gasteiger partial charge in [0.15, 0.2) is 0 Å². The van der Waals surface area contributed by atoms with E-state index in [4.69, 9.17) is 0 Å². The highest BCUT2D eigenvalue weighted by Gasteiger charge is 2.34. The van der Waals surface area contributed by atoms with E-state index in [1.807, 2.05) is 6.92 Å². The third kappa shape index (κ3) is 3.04. The fraction of sp³-hybridized carbons (Fsp3) is 0.200. The Labute approximate surface area is 123 Å². The van der Waals surface area contributed by atoms with E-state index < -0.39 is 17.8 Å². The van der Waals surface area contributed by atoms with Crippen LogP contribution in [0.4, 0.5) is 13.2 Å². The van der Waals surface area contributed by atoms with Gasteiger partial charge in [0.1, 0.15) is 6.10 Å². The molecule has 0 bridgehead atoms. The average molecular weight is 345 g/mol. The van der Waals surface area contributed by atoms with Gasteiger partial charge in [-0.05, 0) is 35.7 Å². The van der Waals surface area contributed by atoms with Gasteiger partial charge in [-0.1, -0.05) is 46.3 Å². The Morgan fingerprint density at radius 1 is 1.10 bits per heavy atom. The van der Waals surface area contributed by atoms with Crippen molar-refractivity contribution in [1.29, 1.82) is 0 Å². The van der Waals surface area contributed by atoms with Crippen molar-refractivity contribution in [2.24, 2.45) is 0 Å². The maximum absolute atomic E-state index is 12.9. The van der Waals surface area contributed by atoms with Gasteiger partial charge in [0.2, 0.25) is 0 Å². The molecule has 0 aromatic heterocycles. The van der Waals surface area contributed by atoms with Crippen LogP contribution in [0.2, 0.25) is 0 Å². The molecule has 2 aromatic carbocycles. The second-order valence-electron chi connectivity index (χ2n) is 4.50. The zero-order valence-electron chi connectivity index (χ0n) is 10.6. The monoisotopic (exact) mass is 344 g/mol. The molecule has 0 fully saturated rings. The standard InChI is InChI=1S/C15H12BrF3O/c1-9-8-10(6-7-13(9)16)14(20)11-4-2-3-5-12(11)15(17,18)19/h2-8,14,20H,1H3. The van der Waals surface area contributed by atoms with Gasteiger partial charge in [-0.25, -0.2) is 0 Å². The minimum Gasteiger partial charge on any atom is -0.384 e. The molecule has 1 atom stereocenters. The molecule has 0 saturated heterocycles. The molecule has 1 nitrogen and oxygen atoms in total. The zero-order valence-corrected chi connectivity index (χ0v) is 12.2. The number of alkyl halides is 3. The quantitative estimate of drug-likeness (QED) is 0.824. The molecule has 0 spiro atoms. The van der Waals surface area contributed by atoms with Gasteiger partial charge in [-0.3, -0.25) is 0 Å². The summed E-state index contributed by atoms with van der Waals surface area (Å²) in [6.07, 6.45) is -5.79. The molecule has 0 saturated carbocycles. The summed E-state index contributed by atoms with van der Waals surface area (Å²) in [6.45, 7) is 1.82. The van der Waals surface area contributed by atoms with E-state index >= 15 is 0 Å². The van der Waals surface area contributed by atoms with Crippen molar-refractivity contribution >= 4 is 15.9 Å². The number of aryl methyl sites for hydroxylation is 1. The summed E-state index contributed by atoms with van der Waals surface area (Å²) < 4.78 is 39.7. The lowest BCUT2D eigenvalue weighted by atomic mass is 9.95. The molecule has 5 heteroatoms. The van der Waals surface area contributed by atoms with Gasteiger partial charge in [-0.15, -0.1) is 0 Å². The molecule has 0 heterocycles. The Kier molecular flexibility index (Phi) is 4.20. The second-order valence-corrected chi connectivity index (χ2v) is 5.35. The van der Waals surface area contributed by atoms with Gasteiger partial charge in [0.25, 0.3) is 0 Å². The van der Waals surface area contributed by atoms with Gasteiger partial charge >= 0.3 is 6.18 Å². The van der Waals surface area contributed by atoms with Crippen LogP contribution in [0.5, 0.6) is 0 Å². The van der Waals surface area contributed by atoms with Crippen molar-refractivity contribution in [2.45, 2.75) is 19.2 Å². The van der Waals surface area contributed by atoms with Crippen LogP contribution in [0.25, 0.3) is 0 Å². The van der Waals surface area contributed by atoms with Crippen molar-refractivity contribution in [2.75, 3.05) is 0 Å². The third-order valence-corrected chi connectivity index (χ3v) is 3.95. The number of aliphatic hydroxyl groups excluding tert-OH is 1. The number of hydrogen-bond acceptors (Lipinski definition) is 1. The number of hydrogen-bond donors (Lipinski definition) is 1. The van der Waals surface area contributed by atoms with Gasteiger partial charge in [0, 0.05) is 4.47 Å². The first-order chi connectivity index (χ1) is 9.30. The largest absolute Gasteiger partial charge is 0.416 e. The van der Waals surface area contributed by atoms with Crippen molar-refractivity contribution < 1.29 is 18.3 Å². The van der Waals surface area contributed by atoms with E-state index in [1.54, 1.807) is 18.2 Å². The van der Waals surface area contributed by atoms with Crippen molar-refractivity contribution in [1.82, 2.24) is 0 Å². The first-order valence-corrected chi connectivity index (χ1v) is 6.70. The van der Waals surface area contributed by atoms with Gasteiger partial charge in [0.05, 0.1) is 5.56 Å². The molecule has 0 aliphatic rings. The molecule has 0 aliphatic carbocycles. The average Bonchev–Trinajstić information content (AvgIpc) is 2.40. The van der Waals surface area contributed by atoms with Crippen molar-refractivity contribution in [3.63, 3.8) is 0 Å². The van der Waals surface area contributed by atoms with E-state index in [9.17, 15) is 18.3 Å². The maximum Gasteiger partial charge on any atom is 0.416 e. The van der Waals surface area contributed by atoms with Gasteiger partial charge in [-0.2, -0.15) is 13.2 Å². The fourth-order valence-electron chi connectivity index (χ4n) is 2.01. The van der Waals surface area contributed by atoms with Crippen LogP contribution in [0.3, 0.4) is 0 Å². The van der Waals surface area contributed by atoms with Crippen LogP contribution in [-0.4, -0.2) is 5.11 Å². The van der Waals surface area contributed by atoms with Crippen molar-refractivity contribution in [3.8, 4) is 0 Å². The molecule has 0 amide bonds. The van der Waals surface area contributed by atoms with Crippen molar-refractivity contribution in [3.05, 3.63) is 69.2 Å². The summed E-state index contributed by atoms with van der Waals surface area (Å²) in [5, 5.41) is 10.2. The summed E-state index contributed by atoms with van der Waals surface area (Å²) >= 11 is 3.32.